The summed E-state index contributed by atoms with van der Waals surface area (Å²) in [5, 5.41) is 2.96. The molecule has 1 N–H and O–H groups in total. The van der Waals surface area contributed by atoms with Crippen LogP contribution in [0.2, 0.25) is 0 Å². The summed E-state index contributed by atoms with van der Waals surface area (Å²) in [7, 11) is 0.259. The molecule has 0 heterocycles. The van der Waals surface area contributed by atoms with Crippen LogP contribution in [0.3, 0.4) is 0 Å². The van der Waals surface area contributed by atoms with Crippen LogP contribution < -0.4 is 5.32 Å². The Labute approximate surface area is 106 Å². The molecule has 0 amide bonds. The molecule has 5 nitrogen and oxygen atoms in total. The fourth-order valence-electron chi connectivity index (χ4n) is 1.50. The summed E-state index contributed by atoms with van der Waals surface area (Å²) in [5.74, 6) is 0.524. The van der Waals surface area contributed by atoms with Gasteiger partial charge in [0.15, 0.2) is 0 Å². The maximum absolute atomic E-state index is 12.1. The minimum absolute atomic E-state index is 0.199. The Kier molecular flexibility index (Phi) is 8.77. The zero-order valence-electron chi connectivity index (χ0n) is 11.4. The predicted molar refractivity (Wildman–Crippen MR) is 70.6 cm³/mol. The molecule has 0 aromatic carbocycles. The van der Waals surface area contributed by atoms with Gasteiger partial charge in [-0.15, -0.1) is 0 Å². The number of nitrogens with one attached hydrogen (secondary N) is 1. The van der Waals surface area contributed by atoms with Crippen molar-refractivity contribution in [2.24, 2.45) is 5.92 Å². The van der Waals surface area contributed by atoms with E-state index in [4.69, 9.17) is 4.74 Å². The van der Waals surface area contributed by atoms with Gasteiger partial charge in [-0.2, -0.15) is 4.31 Å². The van der Waals surface area contributed by atoms with E-state index in [1.54, 1.807) is 7.11 Å². The Morgan fingerprint density at radius 1 is 1.35 bits per heavy atom. The van der Waals surface area contributed by atoms with Crippen LogP contribution in [0.15, 0.2) is 0 Å². The van der Waals surface area contributed by atoms with Crippen molar-refractivity contribution in [2.45, 2.75) is 20.3 Å². The summed E-state index contributed by atoms with van der Waals surface area (Å²) in [6.07, 6.45) is 0.639. The lowest BCUT2D eigenvalue weighted by molar-refractivity contribution is 0.175. The molecule has 0 spiro atoms. The monoisotopic (exact) mass is 266 g/mol. The van der Waals surface area contributed by atoms with Crippen LogP contribution in [-0.4, -0.2) is 58.9 Å². The highest BCUT2D eigenvalue weighted by atomic mass is 32.2. The van der Waals surface area contributed by atoms with Crippen LogP contribution in [0.5, 0.6) is 0 Å². The van der Waals surface area contributed by atoms with E-state index in [1.165, 1.54) is 4.31 Å². The fourth-order valence-corrected chi connectivity index (χ4v) is 3.15. The van der Waals surface area contributed by atoms with Crippen molar-refractivity contribution in [1.29, 1.82) is 0 Å². The van der Waals surface area contributed by atoms with E-state index < -0.39 is 10.0 Å². The molecule has 6 heteroatoms. The van der Waals surface area contributed by atoms with Crippen LogP contribution in [0.4, 0.5) is 0 Å². The van der Waals surface area contributed by atoms with Gasteiger partial charge in [-0.25, -0.2) is 8.42 Å². The molecule has 0 aliphatic rings. The van der Waals surface area contributed by atoms with Crippen molar-refractivity contribution in [3.63, 3.8) is 0 Å². The minimum atomic E-state index is -3.15. The number of sulfonamides is 1. The highest BCUT2D eigenvalue weighted by Crippen LogP contribution is 2.07. The van der Waals surface area contributed by atoms with Crippen LogP contribution in [-0.2, 0) is 14.8 Å². The molecular weight excluding hydrogens is 240 g/mol. The minimum Gasteiger partial charge on any atom is -0.383 e. The summed E-state index contributed by atoms with van der Waals surface area (Å²) in [6, 6.07) is 0. The van der Waals surface area contributed by atoms with Crippen LogP contribution in [0.1, 0.15) is 20.3 Å². The Bertz CT molecular complexity index is 278. The lowest BCUT2D eigenvalue weighted by atomic mass is 10.2. The molecule has 0 aliphatic heterocycles. The third-order valence-corrected chi connectivity index (χ3v) is 4.26. The molecule has 0 rings (SSSR count). The first kappa shape index (κ1) is 16.8. The molecule has 0 atom stereocenters. The molecule has 0 bridgehead atoms. The smallest absolute Gasteiger partial charge is 0.214 e. The van der Waals surface area contributed by atoms with Crippen LogP contribution >= 0.6 is 0 Å². The quantitative estimate of drug-likeness (QED) is 0.586. The van der Waals surface area contributed by atoms with E-state index >= 15 is 0 Å². The van der Waals surface area contributed by atoms with Gasteiger partial charge in [0.2, 0.25) is 10.0 Å². The molecule has 0 unspecified atom stereocenters. The zero-order valence-corrected chi connectivity index (χ0v) is 12.2. The number of hydrogen-bond donors (Lipinski definition) is 1. The molecule has 0 saturated carbocycles. The molecule has 104 valence electrons. The van der Waals surface area contributed by atoms with Crippen molar-refractivity contribution in [2.75, 3.05) is 46.2 Å². The van der Waals surface area contributed by atoms with Gasteiger partial charge in [0, 0.05) is 20.2 Å². The van der Waals surface area contributed by atoms with E-state index in [9.17, 15) is 8.42 Å². The van der Waals surface area contributed by atoms with E-state index in [1.807, 2.05) is 20.9 Å². The SMILES string of the molecule is CNCCCS(=O)(=O)N(CCOC)CC(C)C. The van der Waals surface area contributed by atoms with Gasteiger partial charge in [-0.05, 0) is 25.9 Å². The zero-order chi connectivity index (χ0) is 13.3. The number of rotatable bonds is 10. The lowest BCUT2D eigenvalue weighted by Crippen LogP contribution is -2.38. The molecule has 0 fully saturated rings. The van der Waals surface area contributed by atoms with Gasteiger partial charge in [-0.3, -0.25) is 0 Å². The number of ether oxygens (including phenoxy) is 1. The normalized spacial score (nSPS) is 12.6. The molecule has 17 heavy (non-hydrogen) atoms. The van der Waals surface area contributed by atoms with E-state index in [2.05, 4.69) is 5.32 Å². The van der Waals surface area contributed by atoms with Crippen molar-refractivity contribution < 1.29 is 13.2 Å². The second-order valence-electron chi connectivity index (χ2n) is 4.52. The third-order valence-electron chi connectivity index (χ3n) is 2.34. The number of methoxy groups -OCH3 is 1. The maximum Gasteiger partial charge on any atom is 0.214 e. The van der Waals surface area contributed by atoms with E-state index in [0.29, 0.717) is 32.0 Å². The highest BCUT2D eigenvalue weighted by Gasteiger charge is 2.21. The largest absolute Gasteiger partial charge is 0.383 e. The first-order valence-electron chi connectivity index (χ1n) is 6.05. The average Bonchev–Trinajstić information content (AvgIpc) is 2.23. The van der Waals surface area contributed by atoms with Gasteiger partial charge in [0.25, 0.3) is 0 Å². The summed E-state index contributed by atoms with van der Waals surface area (Å²) in [6.45, 7) is 6.20. The predicted octanol–water partition coefficient (Wildman–Crippen LogP) is 0.530. The first-order chi connectivity index (χ1) is 7.94. The van der Waals surface area contributed by atoms with E-state index in [0.717, 1.165) is 6.54 Å². The Balaban J connectivity index is 4.41. The Hall–Kier alpha value is -0.170. The molecule has 0 aromatic heterocycles. The van der Waals surface area contributed by atoms with Crippen LogP contribution in [0.25, 0.3) is 0 Å². The molecular formula is C11H26N2O3S. The number of nitrogens with zero attached hydrogens (tertiary/aromatic N) is 1. The summed E-state index contributed by atoms with van der Waals surface area (Å²) >= 11 is 0. The fraction of sp³-hybridized carbons (Fsp3) is 1.00. The van der Waals surface area contributed by atoms with E-state index in [-0.39, 0.29) is 5.75 Å². The highest BCUT2D eigenvalue weighted by molar-refractivity contribution is 7.89. The van der Waals surface area contributed by atoms with Crippen molar-refractivity contribution in [3.8, 4) is 0 Å². The topological polar surface area (TPSA) is 58.6 Å². The first-order valence-corrected chi connectivity index (χ1v) is 7.66. The second-order valence-corrected chi connectivity index (χ2v) is 6.61. The summed E-state index contributed by atoms with van der Waals surface area (Å²) < 4.78 is 30.7. The van der Waals surface area contributed by atoms with Gasteiger partial charge in [-0.1, -0.05) is 13.8 Å². The van der Waals surface area contributed by atoms with Gasteiger partial charge in [0.05, 0.1) is 12.4 Å². The van der Waals surface area contributed by atoms with Crippen molar-refractivity contribution >= 4 is 10.0 Å². The van der Waals surface area contributed by atoms with Gasteiger partial charge >= 0.3 is 0 Å². The van der Waals surface area contributed by atoms with Gasteiger partial charge < -0.3 is 10.1 Å². The second kappa shape index (κ2) is 8.85. The third kappa shape index (κ3) is 7.70. The maximum atomic E-state index is 12.1. The lowest BCUT2D eigenvalue weighted by Gasteiger charge is -2.23. The molecule has 0 saturated heterocycles. The Morgan fingerprint density at radius 2 is 2.00 bits per heavy atom. The standard InChI is InChI=1S/C11H26N2O3S/c1-11(2)10-13(7-8-16-4)17(14,15)9-5-6-12-3/h11-12H,5-10H2,1-4H3. The Morgan fingerprint density at radius 3 is 2.47 bits per heavy atom. The molecule has 0 radical (unpaired) electrons. The average molecular weight is 266 g/mol. The summed E-state index contributed by atoms with van der Waals surface area (Å²) in [4.78, 5) is 0. The number of hydrogen-bond acceptors (Lipinski definition) is 4. The van der Waals surface area contributed by atoms with Gasteiger partial charge in [0.1, 0.15) is 0 Å². The van der Waals surface area contributed by atoms with Crippen molar-refractivity contribution in [1.82, 2.24) is 9.62 Å². The molecule has 0 aromatic rings. The van der Waals surface area contributed by atoms with Crippen molar-refractivity contribution in [3.05, 3.63) is 0 Å². The molecule has 0 aliphatic carbocycles. The van der Waals surface area contributed by atoms with Crippen LogP contribution in [0, 0.1) is 5.92 Å². The summed E-state index contributed by atoms with van der Waals surface area (Å²) in [5.41, 5.74) is 0.